The van der Waals surface area contributed by atoms with Crippen LogP contribution in [0.25, 0.3) is 0 Å². The van der Waals surface area contributed by atoms with Gasteiger partial charge in [-0.1, -0.05) is 25.5 Å². The van der Waals surface area contributed by atoms with Gasteiger partial charge in [0.2, 0.25) is 0 Å². The lowest BCUT2D eigenvalue weighted by Crippen LogP contribution is -2.55. The second-order valence-corrected chi connectivity index (χ2v) is 10.1. The van der Waals surface area contributed by atoms with Crippen molar-refractivity contribution in [1.29, 1.82) is 0 Å². The summed E-state index contributed by atoms with van der Waals surface area (Å²) >= 11 is 0. The molecule has 0 spiro atoms. The molecule has 5 nitrogen and oxygen atoms in total. The molecule has 5 rings (SSSR count). The summed E-state index contributed by atoms with van der Waals surface area (Å²) in [6, 6.07) is 6.63. The van der Waals surface area contributed by atoms with Crippen LogP contribution in [0.5, 0.6) is 0 Å². The van der Waals surface area contributed by atoms with Gasteiger partial charge in [0.25, 0.3) is 0 Å². The summed E-state index contributed by atoms with van der Waals surface area (Å²) < 4.78 is 19.0. The van der Waals surface area contributed by atoms with Crippen LogP contribution in [0.3, 0.4) is 0 Å². The first kappa shape index (κ1) is 21.0. The molecule has 0 amide bonds. The summed E-state index contributed by atoms with van der Waals surface area (Å²) in [6.07, 6.45) is 4.42. The summed E-state index contributed by atoms with van der Waals surface area (Å²) in [4.78, 5) is 17.4. The smallest absolute Gasteiger partial charge is 0.311 e. The largest absolute Gasteiger partial charge is 0.461 e. The first-order chi connectivity index (χ1) is 14.9. The Morgan fingerprint density at radius 2 is 1.90 bits per heavy atom. The number of fused-ring (bicyclic) bond motifs is 2. The third kappa shape index (κ3) is 3.48. The standard InChI is InChI=1S/C25H33FN2O3/c1-16-4-3-5-17-14-21-22(23(29)25(16,17)2)20(24(30)31-21)15-27-10-12-28(13-11-27)19-8-6-18(26)7-9-19/h5-9,16,20-23,29H,3-4,10-15H2,1-2H3/t16-,20+,21-,22-,23-,25-/m1/s1. The van der Waals surface area contributed by atoms with E-state index in [-0.39, 0.29) is 35.1 Å². The highest BCUT2D eigenvalue weighted by molar-refractivity contribution is 5.76. The Bertz CT molecular complexity index is 864. The molecule has 2 heterocycles. The van der Waals surface area contributed by atoms with E-state index in [0.29, 0.717) is 12.5 Å². The van der Waals surface area contributed by atoms with Crippen LogP contribution >= 0.6 is 0 Å². The van der Waals surface area contributed by atoms with Gasteiger partial charge in [-0.05, 0) is 43.0 Å². The van der Waals surface area contributed by atoms with E-state index in [1.807, 2.05) is 12.1 Å². The maximum absolute atomic E-state index is 13.2. The van der Waals surface area contributed by atoms with Crippen molar-refractivity contribution >= 4 is 11.7 Å². The van der Waals surface area contributed by atoms with Crippen LogP contribution in [0, 0.1) is 29.0 Å². The lowest BCUT2D eigenvalue weighted by molar-refractivity contribution is -0.145. The molecule has 2 aliphatic heterocycles. The number of aliphatic hydroxyl groups excluding tert-OH is 1. The van der Waals surface area contributed by atoms with Gasteiger partial charge in [-0.3, -0.25) is 9.69 Å². The van der Waals surface area contributed by atoms with E-state index in [1.165, 1.54) is 17.7 Å². The van der Waals surface area contributed by atoms with E-state index in [0.717, 1.165) is 51.1 Å². The van der Waals surface area contributed by atoms with Gasteiger partial charge in [0.05, 0.1) is 12.0 Å². The molecule has 1 aromatic carbocycles. The van der Waals surface area contributed by atoms with E-state index in [1.54, 1.807) is 0 Å². The van der Waals surface area contributed by atoms with E-state index in [4.69, 9.17) is 4.74 Å². The SMILES string of the molecule is C[C@@H]1CCC=C2C[C@H]3OC(=O)[C@@H](CN4CCN(c5ccc(F)cc5)CC4)[C@H]3[C@@H](O)[C@@]21C. The zero-order chi connectivity index (χ0) is 21.8. The molecule has 3 fully saturated rings. The molecule has 31 heavy (non-hydrogen) atoms. The number of carbonyl (C=O) groups excluding carboxylic acids is 1. The lowest BCUT2D eigenvalue weighted by Gasteiger charge is -2.52. The Balaban J connectivity index is 1.27. The van der Waals surface area contributed by atoms with Crippen molar-refractivity contribution in [2.75, 3.05) is 37.6 Å². The molecule has 1 aromatic rings. The molecule has 168 valence electrons. The van der Waals surface area contributed by atoms with Crippen molar-refractivity contribution in [2.24, 2.45) is 23.2 Å². The van der Waals surface area contributed by atoms with E-state index >= 15 is 0 Å². The van der Waals surface area contributed by atoms with Crippen LogP contribution in [-0.2, 0) is 9.53 Å². The number of rotatable bonds is 3. The summed E-state index contributed by atoms with van der Waals surface area (Å²) in [5.41, 5.74) is 2.05. The summed E-state index contributed by atoms with van der Waals surface area (Å²) in [5.74, 6) is -0.374. The lowest BCUT2D eigenvalue weighted by atomic mass is 9.55. The van der Waals surface area contributed by atoms with E-state index in [9.17, 15) is 14.3 Å². The highest BCUT2D eigenvalue weighted by Gasteiger charge is 2.59. The first-order valence-electron chi connectivity index (χ1n) is 11.7. The molecule has 2 saturated heterocycles. The fraction of sp³-hybridized carbons (Fsp3) is 0.640. The van der Waals surface area contributed by atoms with Gasteiger partial charge < -0.3 is 14.7 Å². The highest BCUT2D eigenvalue weighted by atomic mass is 19.1. The molecule has 0 bridgehead atoms. The molecule has 6 atom stereocenters. The Morgan fingerprint density at radius 3 is 2.61 bits per heavy atom. The third-order valence-electron chi connectivity index (χ3n) is 8.59. The monoisotopic (exact) mass is 428 g/mol. The Morgan fingerprint density at radius 1 is 1.19 bits per heavy atom. The number of nitrogens with zero attached hydrogens (tertiary/aromatic N) is 2. The van der Waals surface area contributed by atoms with Gasteiger partial charge in [-0.15, -0.1) is 0 Å². The maximum Gasteiger partial charge on any atom is 0.311 e. The number of anilines is 1. The second kappa shape index (κ2) is 7.89. The van der Waals surface area contributed by atoms with Gasteiger partial charge in [0, 0.05) is 56.2 Å². The number of ether oxygens (including phenoxy) is 1. The Hall–Kier alpha value is -1.92. The average molecular weight is 429 g/mol. The molecule has 0 unspecified atom stereocenters. The number of allylic oxidation sites excluding steroid dienone is 1. The maximum atomic E-state index is 13.2. The van der Waals surface area contributed by atoms with Crippen LogP contribution in [0.2, 0.25) is 0 Å². The minimum atomic E-state index is -0.551. The molecule has 1 saturated carbocycles. The zero-order valence-electron chi connectivity index (χ0n) is 18.5. The predicted octanol–water partition coefficient (Wildman–Crippen LogP) is 3.23. The fourth-order valence-corrected chi connectivity index (χ4v) is 6.39. The Kier molecular flexibility index (Phi) is 5.33. The molecule has 4 aliphatic rings. The van der Waals surface area contributed by atoms with Gasteiger partial charge in [-0.2, -0.15) is 0 Å². The molecule has 0 aromatic heterocycles. The first-order valence-corrected chi connectivity index (χ1v) is 11.7. The summed E-state index contributed by atoms with van der Waals surface area (Å²) in [6.45, 7) is 8.42. The zero-order valence-corrected chi connectivity index (χ0v) is 18.5. The average Bonchev–Trinajstić information content (AvgIpc) is 3.07. The normalized spacial score (nSPS) is 38.3. The number of halogens is 1. The van der Waals surface area contributed by atoms with Gasteiger partial charge >= 0.3 is 5.97 Å². The quantitative estimate of drug-likeness (QED) is 0.592. The molecule has 2 aliphatic carbocycles. The van der Waals surface area contributed by atoms with Crippen molar-refractivity contribution in [2.45, 2.75) is 45.3 Å². The summed E-state index contributed by atoms with van der Waals surface area (Å²) in [7, 11) is 0. The number of esters is 1. The van der Waals surface area contributed by atoms with E-state index < -0.39 is 6.10 Å². The van der Waals surface area contributed by atoms with Gasteiger partial charge in [-0.25, -0.2) is 4.39 Å². The molecule has 0 radical (unpaired) electrons. The van der Waals surface area contributed by atoms with Crippen molar-refractivity contribution < 1.29 is 19.0 Å². The van der Waals surface area contributed by atoms with Crippen LogP contribution < -0.4 is 4.90 Å². The minimum Gasteiger partial charge on any atom is -0.461 e. The topological polar surface area (TPSA) is 53.0 Å². The minimum absolute atomic E-state index is 0.134. The van der Waals surface area contributed by atoms with Crippen molar-refractivity contribution in [1.82, 2.24) is 4.90 Å². The van der Waals surface area contributed by atoms with Gasteiger partial charge in [0.15, 0.2) is 0 Å². The Labute approximate surface area is 183 Å². The van der Waals surface area contributed by atoms with Gasteiger partial charge in [0.1, 0.15) is 11.9 Å². The molecular weight excluding hydrogens is 395 g/mol. The summed E-state index contributed by atoms with van der Waals surface area (Å²) in [5, 5.41) is 11.5. The van der Waals surface area contributed by atoms with Crippen LogP contribution in [0.15, 0.2) is 35.9 Å². The van der Waals surface area contributed by atoms with E-state index in [2.05, 4.69) is 29.7 Å². The van der Waals surface area contributed by atoms with Crippen molar-refractivity contribution in [3.8, 4) is 0 Å². The predicted molar refractivity (Wildman–Crippen MR) is 117 cm³/mol. The third-order valence-corrected chi connectivity index (χ3v) is 8.59. The molecule has 6 heteroatoms. The number of aliphatic hydroxyl groups is 1. The number of hydrogen-bond acceptors (Lipinski definition) is 5. The van der Waals surface area contributed by atoms with Crippen LogP contribution in [-0.4, -0.2) is 60.9 Å². The van der Waals surface area contributed by atoms with Crippen molar-refractivity contribution in [3.63, 3.8) is 0 Å². The van der Waals surface area contributed by atoms with Crippen LogP contribution in [0.1, 0.15) is 33.1 Å². The number of piperazine rings is 1. The van der Waals surface area contributed by atoms with Crippen LogP contribution in [0.4, 0.5) is 10.1 Å². The molecular formula is C25H33FN2O3. The second-order valence-electron chi connectivity index (χ2n) is 10.1. The highest BCUT2D eigenvalue weighted by Crippen LogP contribution is 2.56. The number of hydrogen-bond donors (Lipinski definition) is 1. The fourth-order valence-electron chi connectivity index (χ4n) is 6.39. The number of benzene rings is 1. The van der Waals surface area contributed by atoms with Crippen molar-refractivity contribution in [3.05, 3.63) is 41.7 Å². The number of carbonyl (C=O) groups is 1. The molecule has 1 N–H and O–H groups in total.